The Bertz CT molecular complexity index is 689. The SMILES string of the molecule is O=S(=O)(NCc1ccccc1O)c1ccnc(Cl)c1. The Morgan fingerprint density at radius 1 is 1.26 bits per heavy atom. The fourth-order valence-electron chi connectivity index (χ4n) is 1.47. The number of aromatic hydroxyl groups is 1. The number of phenolic OH excluding ortho intramolecular Hbond substituents is 1. The van der Waals surface area contributed by atoms with Crippen LogP contribution in [-0.4, -0.2) is 18.5 Å². The van der Waals surface area contributed by atoms with E-state index in [1.54, 1.807) is 18.2 Å². The van der Waals surface area contributed by atoms with Crippen molar-refractivity contribution < 1.29 is 13.5 Å². The Morgan fingerprint density at radius 3 is 2.68 bits per heavy atom. The van der Waals surface area contributed by atoms with E-state index in [1.165, 1.54) is 24.4 Å². The number of hydrogen-bond donors (Lipinski definition) is 2. The molecule has 19 heavy (non-hydrogen) atoms. The first-order valence-corrected chi connectivity index (χ1v) is 7.23. The molecular formula is C12H11ClN2O3S. The summed E-state index contributed by atoms with van der Waals surface area (Å²) in [5.74, 6) is 0.0398. The molecule has 7 heteroatoms. The van der Waals surface area contributed by atoms with Gasteiger partial charge in [0.1, 0.15) is 10.9 Å². The monoisotopic (exact) mass is 298 g/mol. The van der Waals surface area contributed by atoms with Gasteiger partial charge in [0.05, 0.1) is 4.90 Å². The normalized spacial score (nSPS) is 11.4. The maximum absolute atomic E-state index is 12.0. The molecule has 0 fully saturated rings. The smallest absolute Gasteiger partial charge is 0.241 e. The van der Waals surface area contributed by atoms with Gasteiger partial charge in [-0.05, 0) is 18.2 Å². The summed E-state index contributed by atoms with van der Waals surface area (Å²) in [4.78, 5) is 3.75. The van der Waals surface area contributed by atoms with Gasteiger partial charge in [-0.1, -0.05) is 29.8 Å². The molecule has 0 unspecified atom stereocenters. The second kappa shape index (κ2) is 5.56. The fraction of sp³-hybridized carbons (Fsp3) is 0.0833. The molecule has 5 nitrogen and oxygen atoms in total. The lowest BCUT2D eigenvalue weighted by Crippen LogP contribution is -2.23. The van der Waals surface area contributed by atoms with Crippen molar-refractivity contribution in [2.24, 2.45) is 0 Å². The molecule has 0 spiro atoms. The Balaban J connectivity index is 2.17. The number of benzene rings is 1. The molecule has 0 saturated heterocycles. The number of nitrogens with zero attached hydrogens (tertiary/aromatic N) is 1. The van der Waals surface area contributed by atoms with Crippen LogP contribution in [0.4, 0.5) is 0 Å². The quantitative estimate of drug-likeness (QED) is 0.845. The summed E-state index contributed by atoms with van der Waals surface area (Å²) in [5.41, 5.74) is 0.492. The standard InChI is InChI=1S/C12H11ClN2O3S/c13-12-7-10(5-6-14-12)19(17,18)15-8-9-3-1-2-4-11(9)16/h1-7,15-16H,8H2. The van der Waals surface area contributed by atoms with Crippen molar-refractivity contribution >= 4 is 21.6 Å². The Labute approximate surface area is 115 Å². The summed E-state index contributed by atoms with van der Waals surface area (Å²) in [6.07, 6.45) is 1.32. The average molecular weight is 299 g/mol. The highest BCUT2D eigenvalue weighted by atomic mass is 35.5. The summed E-state index contributed by atoms with van der Waals surface area (Å²) in [7, 11) is -3.68. The second-order valence-electron chi connectivity index (χ2n) is 3.77. The molecule has 0 amide bonds. The minimum Gasteiger partial charge on any atom is -0.508 e. The van der Waals surface area contributed by atoms with Gasteiger partial charge in [0.15, 0.2) is 0 Å². The molecule has 2 N–H and O–H groups in total. The number of pyridine rings is 1. The molecule has 0 atom stereocenters. The van der Waals surface area contributed by atoms with Crippen molar-refractivity contribution in [1.82, 2.24) is 9.71 Å². The van der Waals surface area contributed by atoms with Crippen molar-refractivity contribution in [2.75, 3.05) is 0 Å². The maximum atomic E-state index is 12.0. The zero-order chi connectivity index (χ0) is 13.9. The topological polar surface area (TPSA) is 79.3 Å². The Hall–Kier alpha value is -1.63. The lowest BCUT2D eigenvalue weighted by Gasteiger charge is -2.08. The van der Waals surface area contributed by atoms with Crippen LogP contribution in [0.15, 0.2) is 47.5 Å². The molecule has 0 aliphatic rings. The van der Waals surface area contributed by atoms with Gasteiger partial charge in [-0.15, -0.1) is 0 Å². The van der Waals surface area contributed by atoms with Gasteiger partial charge < -0.3 is 5.11 Å². The van der Waals surface area contributed by atoms with Gasteiger partial charge >= 0.3 is 0 Å². The zero-order valence-electron chi connectivity index (χ0n) is 9.75. The number of nitrogens with one attached hydrogen (secondary N) is 1. The van der Waals surface area contributed by atoms with Crippen molar-refractivity contribution in [3.8, 4) is 5.75 Å². The molecule has 2 aromatic rings. The highest BCUT2D eigenvalue weighted by Gasteiger charge is 2.15. The van der Waals surface area contributed by atoms with E-state index in [4.69, 9.17) is 11.6 Å². The first-order valence-electron chi connectivity index (χ1n) is 5.37. The molecule has 1 aromatic carbocycles. The maximum Gasteiger partial charge on any atom is 0.241 e. The van der Waals surface area contributed by atoms with Crippen LogP contribution in [0, 0.1) is 0 Å². The molecule has 100 valence electrons. The molecule has 0 saturated carbocycles. The predicted octanol–water partition coefficient (Wildman–Crippen LogP) is 1.92. The van der Waals surface area contributed by atoms with E-state index in [0.29, 0.717) is 5.56 Å². The van der Waals surface area contributed by atoms with Crippen molar-refractivity contribution in [1.29, 1.82) is 0 Å². The first-order chi connectivity index (χ1) is 8.99. The molecular weight excluding hydrogens is 288 g/mol. The fourth-order valence-corrected chi connectivity index (χ4v) is 2.73. The van der Waals surface area contributed by atoms with Crippen LogP contribution < -0.4 is 4.72 Å². The van der Waals surface area contributed by atoms with Crippen molar-refractivity contribution in [2.45, 2.75) is 11.4 Å². The van der Waals surface area contributed by atoms with Crippen LogP contribution in [0.25, 0.3) is 0 Å². The molecule has 0 aliphatic heterocycles. The third-order valence-electron chi connectivity index (χ3n) is 2.45. The zero-order valence-corrected chi connectivity index (χ0v) is 11.3. The number of phenols is 1. The van der Waals surface area contributed by atoms with Crippen LogP contribution in [0.3, 0.4) is 0 Å². The average Bonchev–Trinajstić information content (AvgIpc) is 2.38. The van der Waals surface area contributed by atoms with E-state index < -0.39 is 10.0 Å². The largest absolute Gasteiger partial charge is 0.508 e. The summed E-state index contributed by atoms with van der Waals surface area (Å²) >= 11 is 5.65. The Kier molecular flexibility index (Phi) is 4.04. The van der Waals surface area contributed by atoms with E-state index >= 15 is 0 Å². The van der Waals surface area contributed by atoms with E-state index in [0.717, 1.165) is 0 Å². The molecule has 2 rings (SSSR count). The van der Waals surface area contributed by atoms with Gasteiger partial charge in [0, 0.05) is 18.3 Å². The number of para-hydroxylation sites is 1. The number of rotatable bonds is 4. The van der Waals surface area contributed by atoms with Crippen LogP contribution >= 0.6 is 11.6 Å². The minimum atomic E-state index is -3.68. The van der Waals surface area contributed by atoms with Crippen molar-refractivity contribution in [3.63, 3.8) is 0 Å². The molecule has 0 bridgehead atoms. The highest BCUT2D eigenvalue weighted by molar-refractivity contribution is 7.89. The van der Waals surface area contributed by atoms with Gasteiger partial charge in [0.2, 0.25) is 10.0 Å². The molecule has 0 aliphatic carbocycles. The van der Waals surface area contributed by atoms with Crippen LogP contribution in [0.2, 0.25) is 5.15 Å². The summed E-state index contributed by atoms with van der Waals surface area (Å²) < 4.78 is 26.4. The third kappa shape index (κ3) is 3.44. The summed E-state index contributed by atoms with van der Waals surface area (Å²) in [6, 6.07) is 9.11. The second-order valence-corrected chi connectivity index (χ2v) is 5.92. The lowest BCUT2D eigenvalue weighted by atomic mass is 10.2. The molecule has 0 radical (unpaired) electrons. The van der Waals surface area contributed by atoms with Gasteiger partial charge in [0.25, 0.3) is 0 Å². The van der Waals surface area contributed by atoms with Crippen LogP contribution in [0.1, 0.15) is 5.56 Å². The minimum absolute atomic E-state index is 0.00501. The first kappa shape index (κ1) is 13.8. The number of halogens is 1. The van der Waals surface area contributed by atoms with Gasteiger partial charge in [-0.2, -0.15) is 0 Å². The van der Waals surface area contributed by atoms with Crippen LogP contribution in [0.5, 0.6) is 5.75 Å². The van der Waals surface area contributed by atoms with Crippen molar-refractivity contribution in [3.05, 3.63) is 53.3 Å². The van der Waals surface area contributed by atoms with Gasteiger partial charge in [-0.3, -0.25) is 0 Å². The third-order valence-corrected chi connectivity index (χ3v) is 4.06. The summed E-state index contributed by atoms with van der Waals surface area (Å²) in [5, 5.41) is 9.66. The van der Waals surface area contributed by atoms with E-state index in [-0.39, 0.29) is 22.3 Å². The lowest BCUT2D eigenvalue weighted by molar-refractivity contribution is 0.467. The Morgan fingerprint density at radius 2 is 2.00 bits per heavy atom. The highest BCUT2D eigenvalue weighted by Crippen LogP contribution is 2.17. The number of sulfonamides is 1. The van der Waals surface area contributed by atoms with E-state index in [1.807, 2.05) is 0 Å². The van der Waals surface area contributed by atoms with Crippen LogP contribution in [-0.2, 0) is 16.6 Å². The number of aromatic nitrogens is 1. The predicted molar refractivity (Wildman–Crippen MR) is 71.4 cm³/mol. The number of hydrogen-bond acceptors (Lipinski definition) is 4. The van der Waals surface area contributed by atoms with E-state index in [9.17, 15) is 13.5 Å². The molecule has 1 aromatic heterocycles. The van der Waals surface area contributed by atoms with E-state index in [2.05, 4.69) is 9.71 Å². The molecule has 1 heterocycles. The van der Waals surface area contributed by atoms with Gasteiger partial charge in [-0.25, -0.2) is 18.1 Å². The summed E-state index contributed by atoms with van der Waals surface area (Å²) in [6.45, 7) is -0.00501.